The van der Waals surface area contributed by atoms with Crippen LogP contribution >= 0.6 is 0 Å². The lowest BCUT2D eigenvalue weighted by Gasteiger charge is -2.27. The van der Waals surface area contributed by atoms with E-state index >= 15 is 0 Å². The molecule has 1 saturated heterocycles. The van der Waals surface area contributed by atoms with Gasteiger partial charge in [-0.3, -0.25) is 9.69 Å². The molecule has 1 N–H and O–H groups in total. The Kier molecular flexibility index (Phi) is 4.11. The third kappa shape index (κ3) is 2.49. The fourth-order valence-corrected chi connectivity index (χ4v) is 2.10. The number of carbonyl (C=O) groups is 1. The highest BCUT2D eigenvalue weighted by atomic mass is 16.5. The number of aliphatic hydroxyl groups excluding tert-OH is 1. The second-order valence-electron chi connectivity index (χ2n) is 4.46. The van der Waals surface area contributed by atoms with Crippen LogP contribution in [0.15, 0.2) is 0 Å². The highest BCUT2D eigenvalue weighted by Gasteiger charge is 2.44. The van der Waals surface area contributed by atoms with E-state index in [9.17, 15) is 9.90 Å². The summed E-state index contributed by atoms with van der Waals surface area (Å²) in [7, 11) is 0. The number of nitrogens with zero attached hydrogens (tertiary/aromatic N) is 1. The zero-order chi connectivity index (χ0) is 11.6. The van der Waals surface area contributed by atoms with Gasteiger partial charge in [-0.05, 0) is 26.7 Å². The van der Waals surface area contributed by atoms with Crippen molar-refractivity contribution in [3.63, 3.8) is 0 Å². The van der Waals surface area contributed by atoms with Crippen molar-refractivity contribution in [3.8, 4) is 0 Å². The molecule has 1 aliphatic heterocycles. The molecule has 1 heterocycles. The Morgan fingerprint density at radius 2 is 2.20 bits per heavy atom. The fourth-order valence-electron chi connectivity index (χ4n) is 2.10. The van der Waals surface area contributed by atoms with Gasteiger partial charge in [0.1, 0.15) is 6.04 Å². The van der Waals surface area contributed by atoms with Gasteiger partial charge in [0.05, 0.1) is 12.7 Å². The summed E-state index contributed by atoms with van der Waals surface area (Å²) < 4.78 is 4.98. The van der Waals surface area contributed by atoms with Gasteiger partial charge in [-0.1, -0.05) is 6.92 Å². The summed E-state index contributed by atoms with van der Waals surface area (Å²) in [4.78, 5) is 13.7. The Morgan fingerprint density at radius 3 is 2.67 bits per heavy atom. The van der Waals surface area contributed by atoms with Crippen molar-refractivity contribution in [2.75, 3.05) is 13.2 Å². The van der Waals surface area contributed by atoms with Crippen LogP contribution in [0.3, 0.4) is 0 Å². The van der Waals surface area contributed by atoms with Crippen molar-refractivity contribution in [1.82, 2.24) is 4.90 Å². The average Bonchev–Trinajstić information content (AvgIpc) is 2.44. The highest BCUT2D eigenvalue weighted by molar-refractivity contribution is 5.77. The Labute approximate surface area is 91.2 Å². The number of hydrogen-bond acceptors (Lipinski definition) is 4. The van der Waals surface area contributed by atoms with Crippen molar-refractivity contribution in [3.05, 3.63) is 0 Å². The molecule has 0 unspecified atom stereocenters. The normalized spacial score (nSPS) is 32.3. The third-order valence-corrected chi connectivity index (χ3v) is 2.95. The molecule has 1 fully saturated rings. The van der Waals surface area contributed by atoms with Gasteiger partial charge in [-0.15, -0.1) is 0 Å². The second kappa shape index (κ2) is 4.94. The van der Waals surface area contributed by atoms with E-state index in [1.807, 2.05) is 25.7 Å². The first kappa shape index (κ1) is 12.5. The lowest BCUT2D eigenvalue weighted by Crippen LogP contribution is -2.46. The van der Waals surface area contributed by atoms with Gasteiger partial charge in [-0.25, -0.2) is 0 Å². The van der Waals surface area contributed by atoms with Crippen LogP contribution in [0.25, 0.3) is 0 Å². The molecule has 0 aliphatic carbocycles. The van der Waals surface area contributed by atoms with Crippen LogP contribution in [0.2, 0.25) is 0 Å². The van der Waals surface area contributed by atoms with Gasteiger partial charge in [0.2, 0.25) is 0 Å². The van der Waals surface area contributed by atoms with Gasteiger partial charge >= 0.3 is 5.97 Å². The molecule has 0 aromatic heterocycles. The largest absolute Gasteiger partial charge is 0.465 e. The highest BCUT2D eigenvalue weighted by Crippen LogP contribution is 2.26. The van der Waals surface area contributed by atoms with Gasteiger partial charge in [0.25, 0.3) is 0 Å². The molecule has 1 rings (SSSR count). The topological polar surface area (TPSA) is 49.8 Å². The molecule has 0 spiro atoms. The van der Waals surface area contributed by atoms with E-state index in [1.54, 1.807) is 6.92 Å². The first-order chi connectivity index (χ1) is 6.99. The van der Waals surface area contributed by atoms with E-state index in [4.69, 9.17) is 4.74 Å². The summed E-state index contributed by atoms with van der Waals surface area (Å²) >= 11 is 0. The Bertz CT molecular complexity index is 230. The quantitative estimate of drug-likeness (QED) is 0.702. The molecular formula is C11H21NO3. The molecule has 88 valence electrons. The van der Waals surface area contributed by atoms with E-state index in [-0.39, 0.29) is 17.9 Å². The Morgan fingerprint density at radius 1 is 1.60 bits per heavy atom. The maximum absolute atomic E-state index is 11.7. The smallest absolute Gasteiger partial charge is 0.326 e. The van der Waals surface area contributed by atoms with Crippen LogP contribution in [0.5, 0.6) is 0 Å². The zero-order valence-electron chi connectivity index (χ0n) is 9.93. The molecule has 4 heteroatoms. The molecule has 0 saturated carbocycles. The lowest BCUT2D eigenvalue weighted by atomic mass is 10.0. The molecule has 0 radical (unpaired) electrons. The number of rotatable bonds is 3. The molecule has 3 atom stereocenters. The molecule has 0 aromatic carbocycles. The first-order valence-corrected chi connectivity index (χ1v) is 5.59. The van der Waals surface area contributed by atoms with E-state index in [0.717, 1.165) is 6.54 Å². The Hall–Kier alpha value is -0.610. The van der Waals surface area contributed by atoms with Gasteiger partial charge in [0.15, 0.2) is 0 Å². The van der Waals surface area contributed by atoms with Crippen molar-refractivity contribution in [2.45, 2.75) is 45.9 Å². The van der Waals surface area contributed by atoms with E-state index in [0.29, 0.717) is 6.61 Å². The van der Waals surface area contributed by atoms with Crippen molar-refractivity contribution in [2.24, 2.45) is 5.92 Å². The fraction of sp³-hybridized carbons (Fsp3) is 0.909. The number of hydrogen-bond donors (Lipinski definition) is 1. The molecular weight excluding hydrogens is 194 g/mol. The minimum absolute atomic E-state index is 0.127. The molecule has 15 heavy (non-hydrogen) atoms. The summed E-state index contributed by atoms with van der Waals surface area (Å²) in [6.07, 6.45) is -0.605. The van der Waals surface area contributed by atoms with Crippen LogP contribution in [-0.2, 0) is 9.53 Å². The number of likely N-dealkylation sites (tertiary alicyclic amines) is 1. The second-order valence-corrected chi connectivity index (χ2v) is 4.46. The van der Waals surface area contributed by atoms with Crippen LogP contribution in [-0.4, -0.2) is 47.3 Å². The maximum atomic E-state index is 11.7. The molecule has 0 aromatic rings. The summed E-state index contributed by atoms with van der Waals surface area (Å²) in [5, 5.41) is 9.93. The standard InChI is InChI=1S/C11H21NO3/c1-5-15-11(14)9-10(13)8(4)6-12(9)7(2)3/h7-10,13H,5-6H2,1-4H3/t8-,9+,10+/m1/s1. The van der Waals surface area contributed by atoms with Gasteiger partial charge in [-0.2, -0.15) is 0 Å². The summed E-state index contributed by atoms with van der Waals surface area (Å²) in [5.41, 5.74) is 0. The number of carbonyl (C=O) groups excluding carboxylic acids is 1. The van der Waals surface area contributed by atoms with Crippen LogP contribution < -0.4 is 0 Å². The van der Waals surface area contributed by atoms with Crippen LogP contribution in [0, 0.1) is 5.92 Å². The minimum Gasteiger partial charge on any atom is -0.465 e. The molecule has 0 amide bonds. The average molecular weight is 215 g/mol. The maximum Gasteiger partial charge on any atom is 0.326 e. The van der Waals surface area contributed by atoms with Crippen LogP contribution in [0.1, 0.15) is 27.7 Å². The lowest BCUT2D eigenvalue weighted by molar-refractivity contribution is -0.152. The minimum atomic E-state index is -0.605. The zero-order valence-corrected chi connectivity index (χ0v) is 9.93. The summed E-state index contributed by atoms with van der Waals surface area (Å²) in [6, 6.07) is -0.237. The van der Waals surface area contributed by atoms with Gasteiger partial charge in [0, 0.05) is 12.6 Å². The first-order valence-electron chi connectivity index (χ1n) is 5.59. The summed E-state index contributed by atoms with van der Waals surface area (Å²) in [5.74, 6) is -0.176. The number of aliphatic hydroxyl groups is 1. The Balaban J connectivity index is 2.76. The molecule has 0 bridgehead atoms. The van der Waals surface area contributed by atoms with Crippen LogP contribution in [0.4, 0.5) is 0 Å². The number of ether oxygens (including phenoxy) is 1. The van der Waals surface area contributed by atoms with E-state index in [1.165, 1.54) is 0 Å². The predicted molar refractivity (Wildman–Crippen MR) is 57.4 cm³/mol. The SMILES string of the molecule is CCOC(=O)[C@@H]1[C@@H](O)[C@H](C)CN1C(C)C. The third-order valence-electron chi connectivity index (χ3n) is 2.95. The predicted octanol–water partition coefficient (Wildman–Crippen LogP) is 0.639. The molecule has 1 aliphatic rings. The van der Waals surface area contributed by atoms with Crippen molar-refractivity contribution in [1.29, 1.82) is 0 Å². The van der Waals surface area contributed by atoms with Crippen molar-refractivity contribution < 1.29 is 14.6 Å². The summed E-state index contributed by atoms with van der Waals surface area (Å²) in [6.45, 7) is 8.90. The van der Waals surface area contributed by atoms with E-state index < -0.39 is 12.1 Å². The number of esters is 1. The molecule has 4 nitrogen and oxygen atoms in total. The van der Waals surface area contributed by atoms with E-state index in [2.05, 4.69) is 0 Å². The van der Waals surface area contributed by atoms with Gasteiger partial charge < -0.3 is 9.84 Å². The van der Waals surface area contributed by atoms with Crippen molar-refractivity contribution >= 4 is 5.97 Å². The monoisotopic (exact) mass is 215 g/mol.